The molecule has 556 valence electrons. The van der Waals surface area contributed by atoms with Gasteiger partial charge in [0.2, 0.25) is 11.8 Å². The van der Waals surface area contributed by atoms with Gasteiger partial charge in [-0.05, 0) is 133 Å². The van der Waals surface area contributed by atoms with Crippen LogP contribution in [0.4, 0.5) is 43.9 Å². The summed E-state index contributed by atoms with van der Waals surface area (Å²) >= 11 is 0.254. The van der Waals surface area contributed by atoms with Crippen molar-refractivity contribution in [3.8, 4) is 22.3 Å². The third-order valence-corrected chi connectivity index (χ3v) is 19.1. The lowest BCUT2D eigenvalue weighted by Gasteiger charge is -2.39. The maximum absolute atomic E-state index is 15.3. The summed E-state index contributed by atoms with van der Waals surface area (Å²) in [5, 5.41) is -3.21. The molecule has 10 aromatic rings. The van der Waals surface area contributed by atoms with Crippen molar-refractivity contribution >= 4 is 57.1 Å². The number of piperidine rings is 2. The molecule has 2 amide bonds. The summed E-state index contributed by atoms with van der Waals surface area (Å²) in [4.78, 5) is 63.2. The number of carbonyl (C=O) groups excluding carboxylic acids is 2. The van der Waals surface area contributed by atoms with Crippen LogP contribution < -0.4 is 10.9 Å². The van der Waals surface area contributed by atoms with Gasteiger partial charge in [0.1, 0.15) is 13.0 Å². The highest BCUT2D eigenvalue weighted by Crippen LogP contribution is 2.36. The number of benzene rings is 8. The molecule has 0 bridgehead atoms. The van der Waals surface area contributed by atoms with Crippen molar-refractivity contribution < 1.29 is 95.9 Å². The number of rotatable bonds is 24. The summed E-state index contributed by atoms with van der Waals surface area (Å²) in [6, 6.07) is 15.7. The predicted molar refractivity (Wildman–Crippen MR) is 395 cm³/mol. The van der Waals surface area contributed by atoms with Crippen LogP contribution >= 0.6 is 23.5 Å². The SMILES string of the molecule is [2H]c1c(C)c([2H])c2c(=O)c([2H])c(SC([2H])([2H])c3cccc(F)c3F)n(C([2H])([2H])C(=O)N(C3CCN(CCOC([2H])([2H])[2H])CC3)C([2H])([2H])c3ccc(-c4ccc(C(F)(F)F)cc4)cc3)c2c1[2H].[2H]c1c(C)c([2H])c2c(=O)c([2H])c(SCc3cccc(F)c3F)n(C([2H])([2H])C(=O)N(C3CCN(CCOC([2H])([2H])[2H])CC3)C([2H])([2H])c3ccc(-c4ccc(C(F)(F)F)cc4)cc3)c2c1[2H]. The summed E-state index contributed by atoms with van der Waals surface area (Å²) < 4.78 is 357. The van der Waals surface area contributed by atoms with Gasteiger partial charge in [0.25, 0.3) is 0 Å². The van der Waals surface area contributed by atoms with Gasteiger partial charge in [0, 0.05) is 127 Å². The zero-order valence-electron chi connectivity index (χ0n) is 80.3. The molecule has 12 rings (SSSR count). The number of likely N-dealkylation sites (tertiary alicyclic amines) is 2. The molecule has 2 aliphatic rings. The second-order valence-electron chi connectivity index (χ2n) is 24.4. The molecule has 0 spiro atoms. The molecule has 24 heteroatoms. The average molecular weight is 1520 g/mol. The lowest BCUT2D eigenvalue weighted by Crippen LogP contribution is -2.48. The monoisotopic (exact) mass is 1520 g/mol. The van der Waals surface area contributed by atoms with Crippen LogP contribution in [0, 0.1) is 37.1 Å². The highest BCUT2D eigenvalue weighted by Gasteiger charge is 2.34. The van der Waals surface area contributed by atoms with E-state index in [0.717, 1.165) is 42.5 Å². The Balaban J connectivity index is 0.000000251. The first kappa shape index (κ1) is 52.1. The van der Waals surface area contributed by atoms with Gasteiger partial charge in [-0.2, -0.15) is 26.3 Å². The van der Waals surface area contributed by atoms with Crippen molar-refractivity contribution in [2.45, 2.75) is 111 Å². The maximum atomic E-state index is 15.3. The van der Waals surface area contributed by atoms with Crippen LogP contribution in [0.5, 0.6) is 0 Å². The summed E-state index contributed by atoms with van der Waals surface area (Å²) in [5.41, 5.74) is -9.82. The van der Waals surface area contributed by atoms with E-state index in [1.807, 2.05) is 0 Å². The Bertz CT molecular complexity index is 6070. The normalized spacial score (nSPS) is 18.4. The number of pyridine rings is 2. The van der Waals surface area contributed by atoms with E-state index in [9.17, 15) is 60.1 Å². The highest BCUT2D eigenvalue weighted by atomic mass is 32.2. The lowest BCUT2D eigenvalue weighted by molar-refractivity contribution is -0.138. The van der Waals surface area contributed by atoms with E-state index < -0.39 is 219 Å². The molecule has 0 atom stereocenters. The second kappa shape index (κ2) is 35.1. The third kappa shape index (κ3) is 19.6. The van der Waals surface area contributed by atoms with E-state index in [1.165, 1.54) is 98.8 Å². The number of hydrogen-bond acceptors (Lipinski definition) is 10. The van der Waals surface area contributed by atoms with Crippen LogP contribution in [0.3, 0.4) is 0 Å². The lowest BCUT2D eigenvalue weighted by atomic mass is 10.00. The van der Waals surface area contributed by atoms with Gasteiger partial charge in [0.15, 0.2) is 34.1 Å². The largest absolute Gasteiger partial charge is 0.416 e. The van der Waals surface area contributed by atoms with Gasteiger partial charge < -0.3 is 38.2 Å². The molecule has 12 nitrogen and oxygen atoms in total. The van der Waals surface area contributed by atoms with Crippen molar-refractivity contribution in [2.75, 3.05) is 66.6 Å². The van der Waals surface area contributed by atoms with Crippen molar-refractivity contribution in [3.63, 3.8) is 0 Å². The van der Waals surface area contributed by atoms with Gasteiger partial charge in [-0.25, -0.2) is 17.6 Å². The number of carbonyl (C=O) groups is 2. The van der Waals surface area contributed by atoms with Crippen LogP contribution in [-0.2, 0) is 68.9 Å². The minimum Gasteiger partial charge on any atom is -0.383 e. The number of halogens is 10. The van der Waals surface area contributed by atoms with Crippen LogP contribution in [0.2, 0.25) is 0 Å². The standard InChI is InChI=1S/2C41H40F5N3O3S/c2*1-27-6-15-36-34(22-27)37(50)23-39(53-26-31-4-3-5-35(42)40(31)43)49(36)25-38(51)48(33-16-18-47(19-17-33)20-21-52-2)24-28-7-9-29(10-8-28)30-11-13-32(14-12-30)41(44,45)46/h2*3-15,22-23,33H,16-21,24-26H2,1-2H3/i2D3,6D,15D,22D,23D,24D2,25D2,26D2;2D3,6D,15D,22D,23D,24D2,25D2. The summed E-state index contributed by atoms with van der Waals surface area (Å²) in [7, 11) is -5.34. The minimum absolute atomic E-state index is 0.00439. The molecular formula is C82H80F10N6O6S2. The Labute approximate surface area is 650 Å². The Morgan fingerprint density at radius 3 is 1.29 bits per heavy atom. The number of ether oxygens (including phenoxy) is 2. The maximum Gasteiger partial charge on any atom is 0.416 e. The number of nitrogens with zero attached hydrogens (tertiary/aromatic N) is 6. The molecule has 0 aliphatic carbocycles. The number of aromatic nitrogens is 2. The molecule has 4 heterocycles. The van der Waals surface area contributed by atoms with Crippen LogP contribution in [0.25, 0.3) is 44.1 Å². The Hall–Kier alpha value is -9.04. The van der Waals surface area contributed by atoms with Gasteiger partial charge in [0.05, 0.1) is 75.6 Å². The first-order chi connectivity index (χ1) is 60.3. The number of thioether (sulfide) groups is 2. The summed E-state index contributed by atoms with van der Waals surface area (Å²) in [5.74, 6) is -9.51. The van der Waals surface area contributed by atoms with Crippen LogP contribution in [0.1, 0.15) is 103 Å². The molecule has 106 heavy (non-hydrogen) atoms. The molecule has 2 saturated heterocycles. The predicted octanol–water partition coefficient (Wildman–Crippen LogP) is 17.4. The number of amides is 2. The van der Waals surface area contributed by atoms with E-state index in [0.29, 0.717) is 54.4 Å². The highest BCUT2D eigenvalue weighted by molar-refractivity contribution is 7.98. The molecular weight excluding hydrogens is 1420 g/mol. The molecule has 0 N–H and O–H groups in total. The smallest absolute Gasteiger partial charge is 0.383 e. The van der Waals surface area contributed by atoms with E-state index in [-0.39, 0.29) is 122 Å². The van der Waals surface area contributed by atoms with Gasteiger partial charge in [-0.3, -0.25) is 19.2 Å². The van der Waals surface area contributed by atoms with Crippen LogP contribution in [0.15, 0.2) is 201 Å². The quantitative estimate of drug-likeness (QED) is 0.0428. The van der Waals surface area contributed by atoms with Crippen molar-refractivity contribution in [1.29, 1.82) is 0 Å². The molecule has 2 fully saturated rings. The number of methoxy groups -OCH3 is 2. The van der Waals surface area contributed by atoms with Crippen LogP contribution in [-0.4, -0.2) is 119 Å². The van der Waals surface area contributed by atoms with E-state index in [1.54, 1.807) is 9.80 Å². The van der Waals surface area contributed by atoms with Gasteiger partial charge in [-0.1, -0.05) is 120 Å². The average Bonchev–Trinajstić information content (AvgIpc) is 0.707. The number of fused-ring (bicyclic) bond motifs is 2. The first-order valence-corrected chi connectivity index (χ1v) is 34.6. The molecule has 2 aromatic heterocycles. The van der Waals surface area contributed by atoms with Crippen molar-refractivity contribution in [3.05, 3.63) is 270 Å². The molecule has 0 unspecified atom stereocenters. The third-order valence-electron chi connectivity index (χ3n) is 17.3. The van der Waals surface area contributed by atoms with Crippen molar-refractivity contribution in [2.24, 2.45) is 0 Å². The Morgan fingerprint density at radius 1 is 0.519 bits per heavy atom. The van der Waals surface area contributed by atoms with Crippen molar-refractivity contribution in [1.82, 2.24) is 28.7 Å². The van der Waals surface area contributed by atoms with Gasteiger partial charge in [-0.15, -0.1) is 23.5 Å². The van der Waals surface area contributed by atoms with E-state index >= 15 is 14.0 Å². The van der Waals surface area contributed by atoms with Gasteiger partial charge >= 0.3 is 12.4 Å². The fourth-order valence-electron chi connectivity index (χ4n) is 11.7. The molecule has 0 radical (unpaired) electrons. The molecule has 0 saturated carbocycles. The first-order valence-electron chi connectivity index (χ1n) is 44.8. The summed E-state index contributed by atoms with van der Waals surface area (Å²) in [6.45, 7) is -10.3. The minimum atomic E-state index is -4.61. The van der Waals surface area contributed by atoms with E-state index in [2.05, 4.69) is 0 Å². The molecule has 8 aromatic carbocycles. The number of hydrogen-bond donors (Lipinski definition) is 0. The Morgan fingerprint density at radius 2 is 0.896 bits per heavy atom. The van der Waals surface area contributed by atoms with E-state index in [4.69, 9.17) is 31.4 Å². The number of alkyl halides is 6. The topological polar surface area (TPSA) is 110 Å². The fourth-order valence-corrected chi connectivity index (χ4v) is 13.4. The second-order valence-corrected chi connectivity index (χ2v) is 26.1. The Kier molecular flexibility index (Phi) is 17.2. The molecule has 2 aliphatic heterocycles. The zero-order chi connectivity index (χ0) is 96.3. The summed E-state index contributed by atoms with van der Waals surface area (Å²) in [6.07, 6.45) is -9.31. The fraction of sp³-hybridized carbons (Fsp3) is 0.317. The zero-order valence-corrected chi connectivity index (χ0v) is 57.9.